The van der Waals surface area contributed by atoms with Gasteiger partial charge in [0.05, 0.1) is 13.1 Å². The van der Waals surface area contributed by atoms with Crippen molar-refractivity contribution < 1.29 is 14.0 Å². The summed E-state index contributed by atoms with van der Waals surface area (Å²) < 4.78 is 5.84. The lowest BCUT2D eigenvalue weighted by atomic mass is 10.1. The Hall–Kier alpha value is -3.09. The lowest BCUT2D eigenvalue weighted by Gasteiger charge is -2.35. The standard InChI is InChI=1S/C25H26ClN3O3/c1-18(30)19-4-8-22(9-5-19)29-14-12-28(13-15-29)17-25(31)27-16-23-10-11-24(32-23)20-2-6-21(26)7-3-20/h2-11H,12-17H2,1H3,(H,27,31). The van der Waals surface area contributed by atoms with E-state index < -0.39 is 0 Å². The number of nitrogens with zero attached hydrogens (tertiary/aromatic N) is 2. The summed E-state index contributed by atoms with van der Waals surface area (Å²) in [6.45, 7) is 5.59. The summed E-state index contributed by atoms with van der Waals surface area (Å²) in [5.41, 5.74) is 2.77. The van der Waals surface area contributed by atoms with E-state index in [1.807, 2.05) is 60.7 Å². The maximum atomic E-state index is 12.4. The highest BCUT2D eigenvalue weighted by Crippen LogP contribution is 2.24. The van der Waals surface area contributed by atoms with Crippen molar-refractivity contribution in [3.05, 3.63) is 77.0 Å². The van der Waals surface area contributed by atoms with Gasteiger partial charge in [0.15, 0.2) is 5.78 Å². The fourth-order valence-corrected chi connectivity index (χ4v) is 3.88. The predicted molar refractivity (Wildman–Crippen MR) is 126 cm³/mol. The molecule has 0 aliphatic carbocycles. The lowest BCUT2D eigenvalue weighted by molar-refractivity contribution is -0.122. The molecule has 0 saturated carbocycles. The molecule has 1 fully saturated rings. The van der Waals surface area contributed by atoms with E-state index in [-0.39, 0.29) is 11.7 Å². The molecule has 0 atom stereocenters. The zero-order valence-corrected chi connectivity index (χ0v) is 18.8. The molecule has 1 N–H and O–H groups in total. The first-order chi connectivity index (χ1) is 15.5. The van der Waals surface area contributed by atoms with Crippen molar-refractivity contribution in [2.24, 2.45) is 0 Å². The molecule has 0 unspecified atom stereocenters. The van der Waals surface area contributed by atoms with Crippen molar-refractivity contribution in [1.82, 2.24) is 10.2 Å². The molecule has 4 rings (SSSR count). The number of hydrogen-bond donors (Lipinski definition) is 1. The van der Waals surface area contributed by atoms with Crippen LogP contribution in [-0.2, 0) is 11.3 Å². The molecule has 0 bridgehead atoms. The highest BCUT2D eigenvalue weighted by atomic mass is 35.5. The SMILES string of the molecule is CC(=O)c1ccc(N2CCN(CC(=O)NCc3ccc(-c4ccc(Cl)cc4)o3)CC2)cc1. The van der Waals surface area contributed by atoms with Gasteiger partial charge in [-0.25, -0.2) is 0 Å². The van der Waals surface area contributed by atoms with Crippen LogP contribution in [0.2, 0.25) is 5.02 Å². The lowest BCUT2D eigenvalue weighted by Crippen LogP contribution is -2.49. The minimum Gasteiger partial charge on any atom is -0.459 e. The van der Waals surface area contributed by atoms with E-state index in [2.05, 4.69) is 15.1 Å². The van der Waals surface area contributed by atoms with E-state index in [1.54, 1.807) is 6.92 Å². The Morgan fingerprint density at radius 3 is 2.28 bits per heavy atom. The van der Waals surface area contributed by atoms with Crippen LogP contribution in [0.15, 0.2) is 65.1 Å². The number of nitrogens with one attached hydrogen (secondary N) is 1. The molecule has 7 heteroatoms. The van der Waals surface area contributed by atoms with E-state index >= 15 is 0 Å². The minimum atomic E-state index is -0.0197. The normalized spacial score (nSPS) is 14.4. The van der Waals surface area contributed by atoms with Crippen molar-refractivity contribution in [2.45, 2.75) is 13.5 Å². The maximum Gasteiger partial charge on any atom is 0.234 e. The van der Waals surface area contributed by atoms with Crippen LogP contribution in [0.5, 0.6) is 0 Å². The first-order valence-corrected chi connectivity index (χ1v) is 11.1. The summed E-state index contributed by atoms with van der Waals surface area (Å²) >= 11 is 5.93. The van der Waals surface area contributed by atoms with Crippen LogP contribution in [0.1, 0.15) is 23.0 Å². The third-order valence-electron chi connectivity index (χ3n) is 5.63. The van der Waals surface area contributed by atoms with E-state index in [4.69, 9.17) is 16.0 Å². The van der Waals surface area contributed by atoms with Gasteiger partial charge in [-0.05, 0) is 67.6 Å². The Balaban J connectivity index is 1.22. The number of rotatable bonds is 7. The second kappa shape index (κ2) is 10.0. The maximum absolute atomic E-state index is 12.4. The molecular formula is C25H26ClN3O3. The average Bonchev–Trinajstić information content (AvgIpc) is 3.28. The van der Waals surface area contributed by atoms with Gasteiger partial charge in [-0.2, -0.15) is 0 Å². The van der Waals surface area contributed by atoms with Crippen LogP contribution in [0, 0.1) is 0 Å². The number of carbonyl (C=O) groups is 2. The number of carbonyl (C=O) groups excluding carboxylic acids is 2. The van der Waals surface area contributed by atoms with Crippen molar-refractivity contribution in [1.29, 1.82) is 0 Å². The van der Waals surface area contributed by atoms with E-state index in [1.165, 1.54) is 0 Å². The average molecular weight is 452 g/mol. The Morgan fingerprint density at radius 1 is 0.938 bits per heavy atom. The van der Waals surface area contributed by atoms with Gasteiger partial charge in [0.2, 0.25) is 5.91 Å². The molecule has 2 heterocycles. The predicted octanol–water partition coefficient (Wildman–Crippen LogP) is 4.24. The van der Waals surface area contributed by atoms with Crippen LogP contribution in [0.25, 0.3) is 11.3 Å². The Labute approximate surface area is 192 Å². The van der Waals surface area contributed by atoms with Gasteiger partial charge in [-0.3, -0.25) is 14.5 Å². The molecule has 3 aromatic rings. The third kappa shape index (κ3) is 5.58. The number of benzene rings is 2. The fraction of sp³-hybridized carbons (Fsp3) is 0.280. The van der Waals surface area contributed by atoms with Crippen molar-refractivity contribution in [3.8, 4) is 11.3 Å². The largest absolute Gasteiger partial charge is 0.459 e. The molecule has 0 radical (unpaired) electrons. The molecule has 1 saturated heterocycles. The van der Waals surface area contributed by atoms with Crippen molar-refractivity contribution in [3.63, 3.8) is 0 Å². The van der Waals surface area contributed by atoms with Crippen LogP contribution in [0.4, 0.5) is 5.69 Å². The number of halogens is 1. The van der Waals surface area contributed by atoms with Gasteiger partial charge < -0.3 is 14.6 Å². The number of anilines is 1. The van der Waals surface area contributed by atoms with E-state index in [0.29, 0.717) is 23.9 Å². The van der Waals surface area contributed by atoms with Gasteiger partial charge in [0.25, 0.3) is 0 Å². The zero-order valence-electron chi connectivity index (χ0n) is 18.0. The van der Waals surface area contributed by atoms with Gasteiger partial charge in [-0.15, -0.1) is 0 Å². The van der Waals surface area contributed by atoms with Crippen molar-refractivity contribution in [2.75, 3.05) is 37.6 Å². The van der Waals surface area contributed by atoms with Gasteiger partial charge >= 0.3 is 0 Å². The van der Waals surface area contributed by atoms with Crippen LogP contribution >= 0.6 is 11.6 Å². The first kappa shape index (κ1) is 22.1. The molecule has 6 nitrogen and oxygen atoms in total. The van der Waals surface area contributed by atoms with Gasteiger partial charge in [-0.1, -0.05) is 11.6 Å². The summed E-state index contributed by atoms with van der Waals surface area (Å²) in [5, 5.41) is 3.62. The summed E-state index contributed by atoms with van der Waals surface area (Å²) in [6.07, 6.45) is 0. The quantitative estimate of drug-likeness (QED) is 0.544. The van der Waals surface area contributed by atoms with Crippen LogP contribution in [0.3, 0.4) is 0 Å². The smallest absolute Gasteiger partial charge is 0.234 e. The van der Waals surface area contributed by atoms with Gasteiger partial charge in [0, 0.05) is 48.0 Å². The summed E-state index contributed by atoms with van der Waals surface area (Å²) in [5.74, 6) is 1.51. The molecule has 0 spiro atoms. The molecule has 1 aromatic heterocycles. The molecule has 166 valence electrons. The third-order valence-corrected chi connectivity index (χ3v) is 5.88. The second-order valence-corrected chi connectivity index (χ2v) is 8.35. The second-order valence-electron chi connectivity index (χ2n) is 7.92. The van der Waals surface area contributed by atoms with Crippen molar-refractivity contribution >= 4 is 29.0 Å². The number of amides is 1. The molecule has 1 aliphatic rings. The monoisotopic (exact) mass is 451 g/mol. The Kier molecular flexibility index (Phi) is 6.93. The number of furan rings is 1. The number of piperazine rings is 1. The number of Topliss-reactive ketones (excluding diaryl/α,β-unsaturated/α-hetero) is 1. The van der Waals surface area contributed by atoms with Crippen LogP contribution in [-0.4, -0.2) is 49.3 Å². The zero-order chi connectivity index (χ0) is 22.5. The van der Waals surface area contributed by atoms with E-state index in [9.17, 15) is 9.59 Å². The van der Waals surface area contributed by atoms with Gasteiger partial charge in [0.1, 0.15) is 11.5 Å². The molecule has 32 heavy (non-hydrogen) atoms. The number of hydrogen-bond acceptors (Lipinski definition) is 5. The summed E-state index contributed by atoms with van der Waals surface area (Å²) in [7, 11) is 0. The summed E-state index contributed by atoms with van der Waals surface area (Å²) in [4.78, 5) is 28.3. The molecule has 1 amide bonds. The highest BCUT2D eigenvalue weighted by Gasteiger charge is 2.19. The highest BCUT2D eigenvalue weighted by molar-refractivity contribution is 6.30. The molecule has 1 aliphatic heterocycles. The summed E-state index contributed by atoms with van der Waals surface area (Å²) in [6, 6.07) is 18.9. The fourth-order valence-electron chi connectivity index (χ4n) is 3.76. The molecular weight excluding hydrogens is 426 g/mol. The minimum absolute atomic E-state index is 0.0197. The molecule has 2 aromatic carbocycles. The van der Waals surface area contributed by atoms with E-state index in [0.717, 1.165) is 48.8 Å². The first-order valence-electron chi connectivity index (χ1n) is 10.7. The topological polar surface area (TPSA) is 65.8 Å². The van der Waals surface area contributed by atoms with Crippen LogP contribution < -0.4 is 10.2 Å². The Morgan fingerprint density at radius 2 is 1.62 bits per heavy atom. The Bertz CT molecular complexity index is 1070. The number of ketones is 1.